The molecular weight excluding hydrogens is 396 g/mol. The van der Waals surface area contributed by atoms with E-state index >= 15 is 0 Å². The Kier molecular flexibility index (Phi) is 6.83. The minimum Gasteiger partial charge on any atom is -0.481 e. The Morgan fingerprint density at radius 1 is 1.21 bits per heavy atom. The summed E-state index contributed by atoms with van der Waals surface area (Å²) in [5, 5.41) is 8.67. The fraction of sp³-hybridized carbons (Fsp3) is 0.263. The summed E-state index contributed by atoms with van der Waals surface area (Å²) in [4.78, 5) is 37.8. The molecule has 0 unspecified atom stereocenters. The molecule has 3 rings (SSSR count). The number of aromatic nitrogens is 3. The molecule has 1 aliphatic rings. The Labute approximate surface area is 171 Å². The molecular formula is C19H18N4O3S2. The SMILES string of the molecule is O=C(O)CCCCCN1C(=O)C(=Cc2cccc(-c3cncnc3)n2)SC1=S. The van der Waals surface area contributed by atoms with Crippen molar-refractivity contribution in [1.29, 1.82) is 0 Å². The van der Waals surface area contributed by atoms with E-state index in [9.17, 15) is 9.59 Å². The number of hydrogen-bond donors (Lipinski definition) is 1. The van der Waals surface area contributed by atoms with Gasteiger partial charge in [-0.05, 0) is 31.1 Å². The maximum atomic E-state index is 12.7. The summed E-state index contributed by atoms with van der Waals surface area (Å²) in [6.07, 6.45) is 8.76. The fourth-order valence-electron chi connectivity index (χ4n) is 2.67. The van der Waals surface area contributed by atoms with Crippen LogP contribution in [-0.2, 0) is 9.59 Å². The summed E-state index contributed by atoms with van der Waals surface area (Å²) < 4.78 is 0.516. The molecule has 1 aliphatic heterocycles. The van der Waals surface area contributed by atoms with Gasteiger partial charge in [0.15, 0.2) is 0 Å². The zero-order valence-corrected chi connectivity index (χ0v) is 16.6. The predicted octanol–water partition coefficient (Wildman–Crippen LogP) is 3.38. The second-order valence-electron chi connectivity index (χ2n) is 6.11. The summed E-state index contributed by atoms with van der Waals surface area (Å²) in [5.41, 5.74) is 2.18. The highest BCUT2D eigenvalue weighted by Crippen LogP contribution is 2.32. The normalized spacial score (nSPS) is 15.4. The maximum Gasteiger partial charge on any atom is 0.303 e. The highest BCUT2D eigenvalue weighted by atomic mass is 32.2. The number of carboxylic acid groups (broad SMARTS) is 1. The second kappa shape index (κ2) is 9.52. The van der Waals surface area contributed by atoms with Crippen LogP contribution in [0.15, 0.2) is 41.8 Å². The number of rotatable bonds is 8. The van der Waals surface area contributed by atoms with Crippen molar-refractivity contribution in [3.63, 3.8) is 0 Å². The van der Waals surface area contributed by atoms with E-state index in [1.54, 1.807) is 23.4 Å². The van der Waals surface area contributed by atoms with Gasteiger partial charge in [0.25, 0.3) is 5.91 Å². The molecule has 1 N–H and O–H groups in total. The second-order valence-corrected chi connectivity index (χ2v) is 7.79. The third kappa shape index (κ3) is 5.20. The van der Waals surface area contributed by atoms with Crippen LogP contribution in [0.25, 0.3) is 17.3 Å². The number of carboxylic acids is 1. The molecule has 0 aromatic carbocycles. The Bertz CT molecular complexity index is 918. The molecule has 3 heterocycles. The number of hydrogen-bond acceptors (Lipinski definition) is 7. The van der Waals surface area contributed by atoms with Crippen LogP contribution < -0.4 is 0 Å². The van der Waals surface area contributed by atoms with Crippen molar-refractivity contribution in [3.8, 4) is 11.3 Å². The lowest BCUT2D eigenvalue weighted by Crippen LogP contribution is -2.29. The lowest BCUT2D eigenvalue weighted by atomic mass is 10.2. The molecule has 28 heavy (non-hydrogen) atoms. The summed E-state index contributed by atoms with van der Waals surface area (Å²) in [6.45, 7) is 0.496. The molecule has 0 spiro atoms. The lowest BCUT2D eigenvalue weighted by molar-refractivity contribution is -0.137. The van der Waals surface area contributed by atoms with Gasteiger partial charge >= 0.3 is 5.97 Å². The van der Waals surface area contributed by atoms with Gasteiger partial charge in [0.05, 0.1) is 16.3 Å². The van der Waals surface area contributed by atoms with E-state index in [1.807, 2.05) is 18.2 Å². The van der Waals surface area contributed by atoms with Crippen LogP contribution in [0.5, 0.6) is 0 Å². The summed E-state index contributed by atoms with van der Waals surface area (Å²) in [7, 11) is 0. The molecule has 1 fully saturated rings. The van der Waals surface area contributed by atoms with Crippen LogP contribution >= 0.6 is 24.0 Å². The number of pyridine rings is 1. The van der Waals surface area contributed by atoms with E-state index in [0.717, 1.165) is 24.1 Å². The predicted molar refractivity (Wildman–Crippen MR) is 111 cm³/mol. The third-order valence-corrected chi connectivity index (χ3v) is 5.43. The molecule has 1 saturated heterocycles. The number of unbranched alkanes of at least 4 members (excludes halogenated alkanes) is 2. The van der Waals surface area contributed by atoms with E-state index < -0.39 is 5.97 Å². The van der Waals surface area contributed by atoms with E-state index in [0.29, 0.717) is 27.9 Å². The van der Waals surface area contributed by atoms with Crippen molar-refractivity contribution >= 4 is 46.3 Å². The Morgan fingerprint density at radius 3 is 2.75 bits per heavy atom. The number of thiocarbonyl (C=S) groups is 1. The molecule has 0 aliphatic carbocycles. The molecule has 1 amide bonds. The zero-order chi connectivity index (χ0) is 19.9. The van der Waals surface area contributed by atoms with Gasteiger partial charge < -0.3 is 5.11 Å². The van der Waals surface area contributed by atoms with Crippen LogP contribution in [0.2, 0.25) is 0 Å². The minimum absolute atomic E-state index is 0.136. The Balaban J connectivity index is 1.66. The van der Waals surface area contributed by atoms with E-state index in [1.165, 1.54) is 18.1 Å². The van der Waals surface area contributed by atoms with Gasteiger partial charge in [0.2, 0.25) is 0 Å². The summed E-state index contributed by atoms with van der Waals surface area (Å²) in [6, 6.07) is 5.55. The monoisotopic (exact) mass is 414 g/mol. The van der Waals surface area contributed by atoms with Gasteiger partial charge in [0, 0.05) is 30.9 Å². The highest BCUT2D eigenvalue weighted by molar-refractivity contribution is 8.26. The number of thioether (sulfide) groups is 1. The van der Waals surface area contributed by atoms with E-state index in [-0.39, 0.29) is 12.3 Å². The Morgan fingerprint density at radius 2 is 2.00 bits per heavy atom. The van der Waals surface area contributed by atoms with Crippen LogP contribution in [0, 0.1) is 0 Å². The van der Waals surface area contributed by atoms with Crippen molar-refractivity contribution in [2.24, 2.45) is 0 Å². The third-order valence-electron chi connectivity index (χ3n) is 4.05. The molecule has 0 bridgehead atoms. The molecule has 9 heteroatoms. The van der Waals surface area contributed by atoms with E-state index in [2.05, 4.69) is 15.0 Å². The lowest BCUT2D eigenvalue weighted by Gasteiger charge is -2.13. The average Bonchev–Trinajstić information content (AvgIpc) is 2.95. The average molecular weight is 415 g/mol. The zero-order valence-electron chi connectivity index (χ0n) is 14.9. The van der Waals surface area contributed by atoms with Crippen LogP contribution in [0.3, 0.4) is 0 Å². The minimum atomic E-state index is -0.801. The van der Waals surface area contributed by atoms with Crippen LogP contribution in [0.4, 0.5) is 0 Å². The van der Waals surface area contributed by atoms with Crippen molar-refractivity contribution in [1.82, 2.24) is 19.9 Å². The molecule has 0 saturated carbocycles. The van der Waals surface area contributed by atoms with Crippen molar-refractivity contribution in [3.05, 3.63) is 47.5 Å². The molecule has 7 nitrogen and oxygen atoms in total. The van der Waals surface area contributed by atoms with Gasteiger partial charge in [-0.3, -0.25) is 14.5 Å². The molecule has 0 atom stereocenters. The topological polar surface area (TPSA) is 96.3 Å². The highest BCUT2D eigenvalue weighted by Gasteiger charge is 2.31. The molecule has 2 aromatic heterocycles. The first kappa shape index (κ1) is 20.1. The fourth-order valence-corrected chi connectivity index (χ4v) is 3.97. The van der Waals surface area contributed by atoms with Gasteiger partial charge in [0.1, 0.15) is 10.6 Å². The molecule has 2 aromatic rings. The number of carbonyl (C=O) groups is 2. The summed E-state index contributed by atoms with van der Waals surface area (Å²) in [5.74, 6) is -0.936. The van der Waals surface area contributed by atoms with Gasteiger partial charge in [-0.2, -0.15) is 0 Å². The Hall–Kier alpha value is -2.65. The summed E-state index contributed by atoms with van der Waals surface area (Å²) >= 11 is 6.59. The van der Waals surface area contributed by atoms with Crippen molar-refractivity contribution in [2.75, 3.05) is 6.54 Å². The van der Waals surface area contributed by atoms with Crippen LogP contribution in [0.1, 0.15) is 31.4 Å². The largest absolute Gasteiger partial charge is 0.481 e. The van der Waals surface area contributed by atoms with Crippen molar-refractivity contribution < 1.29 is 14.7 Å². The smallest absolute Gasteiger partial charge is 0.303 e. The van der Waals surface area contributed by atoms with Gasteiger partial charge in [-0.15, -0.1) is 0 Å². The van der Waals surface area contributed by atoms with E-state index in [4.69, 9.17) is 17.3 Å². The number of amides is 1. The first-order chi connectivity index (χ1) is 13.5. The quantitative estimate of drug-likeness (QED) is 0.399. The number of nitrogens with zero attached hydrogens (tertiary/aromatic N) is 4. The first-order valence-electron chi connectivity index (χ1n) is 8.74. The molecule has 144 valence electrons. The first-order valence-corrected chi connectivity index (χ1v) is 9.96. The van der Waals surface area contributed by atoms with Crippen molar-refractivity contribution in [2.45, 2.75) is 25.7 Å². The van der Waals surface area contributed by atoms with Crippen LogP contribution in [-0.4, -0.2) is 47.7 Å². The molecule has 0 radical (unpaired) electrons. The number of aliphatic carboxylic acids is 1. The maximum absolute atomic E-state index is 12.7. The standard InChI is InChI=1S/C19H18N4O3S2/c24-17(25)7-2-1-3-8-23-18(26)16(28-19(23)27)9-14-5-4-6-15(22-14)13-10-20-12-21-11-13/h4-6,9-12H,1-3,7-8H2,(H,24,25). The van der Waals surface area contributed by atoms with Gasteiger partial charge in [-0.1, -0.05) is 36.5 Å². The van der Waals surface area contributed by atoms with Gasteiger partial charge in [-0.25, -0.2) is 15.0 Å². The number of carbonyl (C=O) groups excluding carboxylic acids is 1.